The van der Waals surface area contributed by atoms with Crippen molar-refractivity contribution in [3.63, 3.8) is 0 Å². The summed E-state index contributed by atoms with van der Waals surface area (Å²) in [5, 5.41) is 11.5. The lowest BCUT2D eigenvalue weighted by Gasteiger charge is -2.25. The SMILES string of the molecule is CCOc1ccc(Cl)c(/C(O)=C2\C(=O)C(=O)N(CCOC)C2c2ccc(OCC)c(OC)c2)c1. The number of aliphatic hydroxyl groups is 1. The fourth-order valence-corrected chi connectivity index (χ4v) is 4.07. The van der Waals surface area contributed by atoms with Crippen LogP contribution in [0.15, 0.2) is 42.0 Å². The van der Waals surface area contributed by atoms with E-state index in [1.165, 1.54) is 19.1 Å². The van der Waals surface area contributed by atoms with Crippen molar-refractivity contribution in [3.05, 3.63) is 58.1 Å². The quantitative estimate of drug-likeness (QED) is 0.303. The molecule has 1 unspecified atom stereocenters. The average molecular weight is 490 g/mol. The van der Waals surface area contributed by atoms with Gasteiger partial charge >= 0.3 is 0 Å². The maximum absolute atomic E-state index is 13.1. The van der Waals surface area contributed by atoms with Crippen molar-refractivity contribution in [3.8, 4) is 17.2 Å². The zero-order valence-corrected chi connectivity index (χ0v) is 20.3. The molecule has 0 spiro atoms. The first-order valence-electron chi connectivity index (χ1n) is 10.9. The molecular weight excluding hydrogens is 462 g/mol. The Morgan fingerprint density at radius 3 is 2.41 bits per heavy atom. The van der Waals surface area contributed by atoms with Crippen molar-refractivity contribution in [1.29, 1.82) is 0 Å². The van der Waals surface area contributed by atoms with E-state index in [9.17, 15) is 14.7 Å². The lowest BCUT2D eigenvalue weighted by atomic mass is 9.95. The number of amides is 1. The number of hydrogen-bond acceptors (Lipinski definition) is 7. The molecule has 0 aromatic heterocycles. The van der Waals surface area contributed by atoms with Crippen LogP contribution in [0.1, 0.15) is 31.0 Å². The summed E-state index contributed by atoms with van der Waals surface area (Å²) >= 11 is 6.35. The molecule has 1 N–H and O–H groups in total. The number of ether oxygens (including phenoxy) is 4. The summed E-state index contributed by atoms with van der Waals surface area (Å²) in [4.78, 5) is 27.5. The molecule has 2 aromatic carbocycles. The molecule has 0 saturated carbocycles. The lowest BCUT2D eigenvalue weighted by Crippen LogP contribution is -2.32. The van der Waals surface area contributed by atoms with Crippen LogP contribution in [0, 0.1) is 0 Å². The normalized spacial score (nSPS) is 17.2. The van der Waals surface area contributed by atoms with Gasteiger partial charge in [-0.05, 0) is 49.7 Å². The number of Topliss-reactive ketones (excluding diaryl/α,β-unsaturated/α-hetero) is 1. The topological polar surface area (TPSA) is 94.5 Å². The second-order valence-electron chi connectivity index (χ2n) is 7.40. The number of hydrogen-bond donors (Lipinski definition) is 1. The summed E-state index contributed by atoms with van der Waals surface area (Å²) in [5.41, 5.74) is 0.678. The highest BCUT2D eigenvalue weighted by atomic mass is 35.5. The van der Waals surface area contributed by atoms with E-state index in [1.54, 1.807) is 36.4 Å². The van der Waals surface area contributed by atoms with Gasteiger partial charge in [0.05, 0.1) is 43.6 Å². The summed E-state index contributed by atoms with van der Waals surface area (Å²) in [6.45, 7) is 4.89. The molecule has 1 aliphatic heterocycles. The molecule has 34 heavy (non-hydrogen) atoms. The van der Waals surface area contributed by atoms with Gasteiger partial charge in [-0.25, -0.2) is 0 Å². The fraction of sp³-hybridized carbons (Fsp3) is 0.360. The maximum Gasteiger partial charge on any atom is 0.295 e. The third kappa shape index (κ3) is 4.98. The third-order valence-electron chi connectivity index (χ3n) is 5.38. The van der Waals surface area contributed by atoms with Gasteiger partial charge in [0.2, 0.25) is 0 Å². The van der Waals surface area contributed by atoms with Gasteiger partial charge in [-0.1, -0.05) is 17.7 Å². The Hall–Kier alpha value is -3.23. The Morgan fingerprint density at radius 2 is 1.76 bits per heavy atom. The standard InChI is InChI=1S/C25H28ClNO7/c1-5-33-16-8-9-18(26)17(14-16)23(28)21-22(27(11-12-31-3)25(30)24(21)29)15-7-10-19(34-6-2)20(13-15)32-4/h7-10,13-14,22,28H,5-6,11-12H2,1-4H3/b23-21+. The van der Waals surface area contributed by atoms with E-state index in [2.05, 4.69) is 0 Å². The van der Waals surface area contributed by atoms with E-state index in [-0.39, 0.29) is 35.1 Å². The molecule has 3 rings (SSSR count). The summed E-state index contributed by atoms with van der Waals surface area (Å²) in [6.07, 6.45) is 0. The molecule has 1 amide bonds. The largest absolute Gasteiger partial charge is 0.507 e. The van der Waals surface area contributed by atoms with Crippen molar-refractivity contribution in [2.24, 2.45) is 0 Å². The van der Waals surface area contributed by atoms with Gasteiger partial charge < -0.3 is 29.0 Å². The number of carbonyl (C=O) groups excluding carboxylic acids is 2. The predicted octanol–water partition coefficient (Wildman–Crippen LogP) is 4.21. The highest BCUT2D eigenvalue weighted by Crippen LogP contribution is 2.43. The smallest absolute Gasteiger partial charge is 0.295 e. The number of halogens is 1. The minimum absolute atomic E-state index is 0.0807. The predicted molar refractivity (Wildman–Crippen MR) is 128 cm³/mol. The first-order valence-corrected chi connectivity index (χ1v) is 11.3. The number of likely N-dealkylation sites (tertiary alicyclic amines) is 1. The monoisotopic (exact) mass is 489 g/mol. The third-order valence-corrected chi connectivity index (χ3v) is 5.71. The number of rotatable bonds is 10. The highest BCUT2D eigenvalue weighted by molar-refractivity contribution is 6.47. The second-order valence-corrected chi connectivity index (χ2v) is 7.81. The lowest BCUT2D eigenvalue weighted by molar-refractivity contribution is -0.140. The van der Waals surface area contributed by atoms with Gasteiger partial charge in [-0.3, -0.25) is 9.59 Å². The number of aliphatic hydroxyl groups excluding tert-OH is 1. The van der Waals surface area contributed by atoms with Crippen LogP contribution in [0.25, 0.3) is 5.76 Å². The number of methoxy groups -OCH3 is 2. The molecular formula is C25H28ClNO7. The van der Waals surface area contributed by atoms with Crippen LogP contribution in [0.3, 0.4) is 0 Å². The van der Waals surface area contributed by atoms with E-state index < -0.39 is 17.7 Å². The van der Waals surface area contributed by atoms with Crippen LogP contribution >= 0.6 is 11.6 Å². The van der Waals surface area contributed by atoms with Crippen molar-refractivity contribution >= 4 is 29.1 Å². The molecule has 0 radical (unpaired) electrons. The molecule has 1 atom stereocenters. The molecule has 1 heterocycles. The van der Waals surface area contributed by atoms with Crippen LogP contribution in [0.2, 0.25) is 5.02 Å². The Balaban J connectivity index is 2.21. The number of nitrogens with zero attached hydrogens (tertiary/aromatic N) is 1. The zero-order valence-electron chi connectivity index (χ0n) is 19.6. The van der Waals surface area contributed by atoms with Crippen LogP contribution < -0.4 is 14.2 Å². The second kappa shape index (κ2) is 11.3. The van der Waals surface area contributed by atoms with Gasteiger partial charge in [0, 0.05) is 19.2 Å². The van der Waals surface area contributed by atoms with Crippen molar-refractivity contribution < 1.29 is 33.6 Å². The molecule has 2 aromatic rings. The van der Waals surface area contributed by atoms with Crippen molar-refractivity contribution in [2.75, 3.05) is 40.6 Å². The first kappa shape index (κ1) is 25.4. The van der Waals surface area contributed by atoms with Gasteiger partial charge in [0.15, 0.2) is 11.5 Å². The van der Waals surface area contributed by atoms with E-state index in [0.717, 1.165) is 0 Å². The summed E-state index contributed by atoms with van der Waals surface area (Å²) in [5.74, 6) is -0.509. The number of ketones is 1. The highest BCUT2D eigenvalue weighted by Gasteiger charge is 2.46. The Kier molecular flexibility index (Phi) is 8.41. The van der Waals surface area contributed by atoms with Crippen LogP contribution in [-0.4, -0.2) is 62.3 Å². The minimum Gasteiger partial charge on any atom is -0.507 e. The summed E-state index contributed by atoms with van der Waals surface area (Å²) in [6, 6.07) is 9.01. The maximum atomic E-state index is 13.1. The molecule has 1 fully saturated rings. The van der Waals surface area contributed by atoms with E-state index in [4.69, 9.17) is 30.5 Å². The number of benzene rings is 2. The van der Waals surface area contributed by atoms with E-state index in [0.29, 0.717) is 36.0 Å². The molecule has 9 heteroatoms. The zero-order chi connectivity index (χ0) is 24.8. The Labute approximate surface area is 203 Å². The first-order chi connectivity index (χ1) is 16.4. The Morgan fingerprint density at radius 1 is 1.03 bits per heavy atom. The summed E-state index contributed by atoms with van der Waals surface area (Å²) < 4.78 is 21.7. The molecule has 1 aliphatic rings. The summed E-state index contributed by atoms with van der Waals surface area (Å²) in [7, 11) is 3.01. The van der Waals surface area contributed by atoms with E-state index >= 15 is 0 Å². The number of carbonyl (C=O) groups is 2. The van der Waals surface area contributed by atoms with Crippen molar-refractivity contribution in [2.45, 2.75) is 19.9 Å². The van der Waals surface area contributed by atoms with E-state index in [1.807, 2.05) is 13.8 Å². The molecule has 8 nitrogen and oxygen atoms in total. The van der Waals surface area contributed by atoms with Crippen LogP contribution in [0.5, 0.6) is 17.2 Å². The fourth-order valence-electron chi connectivity index (χ4n) is 3.86. The van der Waals surface area contributed by atoms with Gasteiger partial charge in [-0.15, -0.1) is 0 Å². The van der Waals surface area contributed by atoms with Gasteiger partial charge in [0.1, 0.15) is 11.5 Å². The van der Waals surface area contributed by atoms with Crippen molar-refractivity contribution in [1.82, 2.24) is 4.90 Å². The molecule has 0 aliphatic carbocycles. The minimum atomic E-state index is -0.883. The van der Waals surface area contributed by atoms with Crippen LogP contribution in [-0.2, 0) is 14.3 Å². The van der Waals surface area contributed by atoms with Gasteiger partial charge in [0.25, 0.3) is 11.7 Å². The molecule has 182 valence electrons. The van der Waals surface area contributed by atoms with Gasteiger partial charge in [-0.2, -0.15) is 0 Å². The average Bonchev–Trinajstić information content (AvgIpc) is 3.09. The molecule has 1 saturated heterocycles. The Bertz CT molecular complexity index is 1100. The molecule has 0 bridgehead atoms. The van der Waals surface area contributed by atoms with Crippen LogP contribution in [0.4, 0.5) is 0 Å².